The van der Waals surface area contributed by atoms with Crippen LogP contribution in [-0.2, 0) is 0 Å². The van der Waals surface area contributed by atoms with Crippen LogP contribution in [0.1, 0.15) is 25.7 Å². The van der Waals surface area contributed by atoms with Crippen molar-refractivity contribution in [2.24, 2.45) is 11.7 Å². The summed E-state index contributed by atoms with van der Waals surface area (Å²) < 4.78 is 26.2. The van der Waals surface area contributed by atoms with Crippen molar-refractivity contribution in [1.29, 1.82) is 0 Å². The number of amides is 2. The van der Waals surface area contributed by atoms with Crippen molar-refractivity contribution in [3.63, 3.8) is 0 Å². The lowest BCUT2D eigenvalue weighted by atomic mass is 9.98. The summed E-state index contributed by atoms with van der Waals surface area (Å²) in [5.41, 5.74) is 5.63. The molecule has 0 aliphatic heterocycles. The molecule has 1 aromatic rings. The molecule has 1 atom stereocenters. The molecule has 1 saturated carbocycles. The van der Waals surface area contributed by atoms with E-state index < -0.39 is 17.7 Å². The number of hydrogen-bond donors (Lipinski definition) is 3. The summed E-state index contributed by atoms with van der Waals surface area (Å²) in [5, 5.41) is 5.14. The van der Waals surface area contributed by atoms with Gasteiger partial charge >= 0.3 is 6.03 Å². The first kappa shape index (κ1) is 14.7. The van der Waals surface area contributed by atoms with Gasteiger partial charge in [-0.3, -0.25) is 0 Å². The van der Waals surface area contributed by atoms with Gasteiger partial charge < -0.3 is 16.4 Å². The summed E-state index contributed by atoms with van der Waals surface area (Å²) in [6.45, 7) is 0.351. The number of urea groups is 1. The van der Waals surface area contributed by atoms with Gasteiger partial charge in [0.1, 0.15) is 11.6 Å². The van der Waals surface area contributed by atoms with Gasteiger partial charge in [0.05, 0.1) is 5.69 Å². The molecular weight excluding hydrogens is 264 g/mol. The third-order valence-electron chi connectivity index (χ3n) is 3.72. The maximum atomic E-state index is 13.4. The van der Waals surface area contributed by atoms with Crippen molar-refractivity contribution >= 4 is 11.7 Å². The molecule has 1 aromatic carbocycles. The van der Waals surface area contributed by atoms with Gasteiger partial charge in [-0.1, -0.05) is 12.8 Å². The molecule has 1 aliphatic rings. The second-order valence-corrected chi connectivity index (χ2v) is 5.11. The molecule has 4 nitrogen and oxygen atoms in total. The van der Waals surface area contributed by atoms with Crippen LogP contribution in [0.3, 0.4) is 0 Å². The topological polar surface area (TPSA) is 67.1 Å². The van der Waals surface area contributed by atoms with Crippen LogP contribution in [0.5, 0.6) is 0 Å². The average Bonchev–Trinajstić information content (AvgIpc) is 2.93. The number of carbonyl (C=O) groups is 1. The highest BCUT2D eigenvalue weighted by atomic mass is 19.1. The van der Waals surface area contributed by atoms with Crippen LogP contribution >= 0.6 is 0 Å². The highest BCUT2D eigenvalue weighted by molar-refractivity contribution is 5.89. The minimum Gasteiger partial charge on any atom is -0.334 e. The normalized spacial score (nSPS) is 16.9. The fourth-order valence-electron chi connectivity index (χ4n) is 2.65. The van der Waals surface area contributed by atoms with Crippen molar-refractivity contribution in [2.45, 2.75) is 31.7 Å². The van der Waals surface area contributed by atoms with Crippen molar-refractivity contribution in [2.75, 3.05) is 11.9 Å². The average molecular weight is 283 g/mol. The molecule has 1 unspecified atom stereocenters. The van der Waals surface area contributed by atoms with Crippen LogP contribution < -0.4 is 16.4 Å². The van der Waals surface area contributed by atoms with Gasteiger partial charge in [0.2, 0.25) is 0 Å². The fourth-order valence-corrected chi connectivity index (χ4v) is 2.65. The van der Waals surface area contributed by atoms with Crippen LogP contribution in [0.4, 0.5) is 19.3 Å². The second-order valence-electron chi connectivity index (χ2n) is 5.11. The summed E-state index contributed by atoms with van der Waals surface area (Å²) in [7, 11) is 0. The largest absolute Gasteiger partial charge is 0.334 e. The highest BCUT2D eigenvalue weighted by Crippen LogP contribution is 2.27. The van der Waals surface area contributed by atoms with Gasteiger partial charge in [-0.2, -0.15) is 0 Å². The van der Waals surface area contributed by atoms with E-state index in [0.29, 0.717) is 12.5 Å². The van der Waals surface area contributed by atoms with E-state index >= 15 is 0 Å². The number of nitrogens with one attached hydrogen (secondary N) is 2. The summed E-state index contributed by atoms with van der Waals surface area (Å²) >= 11 is 0. The maximum Gasteiger partial charge on any atom is 0.319 e. The summed E-state index contributed by atoms with van der Waals surface area (Å²) in [6, 6.07) is 2.39. The SMILES string of the molecule is NCC(NC(=O)Nc1ccc(F)cc1F)C1CCCC1. The first-order chi connectivity index (χ1) is 9.60. The van der Waals surface area contributed by atoms with Crippen molar-refractivity contribution in [1.82, 2.24) is 5.32 Å². The Morgan fingerprint density at radius 2 is 2.05 bits per heavy atom. The Kier molecular flexibility index (Phi) is 4.89. The van der Waals surface area contributed by atoms with Crippen LogP contribution in [-0.4, -0.2) is 18.6 Å². The zero-order chi connectivity index (χ0) is 14.5. The number of halogens is 2. The lowest BCUT2D eigenvalue weighted by molar-refractivity contribution is 0.243. The van der Waals surface area contributed by atoms with E-state index in [0.717, 1.165) is 37.8 Å². The third kappa shape index (κ3) is 3.66. The van der Waals surface area contributed by atoms with E-state index in [9.17, 15) is 13.6 Å². The van der Waals surface area contributed by atoms with Crippen LogP contribution in [0.2, 0.25) is 0 Å². The van der Waals surface area contributed by atoms with Crippen LogP contribution in [0, 0.1) is 17.6 Å². The molecule has 0 saturated heterocycles. The van der Waals surface area contributed by atoms with Gasteiger partial charge in [0.15, 0.2) is 0 Å². The number of carbonyl (C=O) groups excluding carboxylic acids is 1. The smallest absolute Gasteiger partial charge is 0.319 e. The van der Waals surface area contributed by atoms with Gasteiger partial charge in [-0.25, -0.2) is 13.6 Å². The second kappa shape index (κ2) is 6.65. The quantitative estimate of drug-likeness (QED) is 0.795. The molecule has 4 N–H and O–H groups in total. The first-order valence-corrected chi connectivity index (χ1v) is 6.83. The Balaban J connectivity index is 1.93. The lowest BCUT2D eigenvalue weighted by Crippen LogP contribution is -2.46. The van der Waals surface area contributed by atoms with Gasteiger partial charge in [0.25, 0.3) is 0 Å². The number of anilines is 1. The molecule has 1 fully saturated rings. The van der Waals surface area contributed by atoms with Crippen molar-refractivity contribution < 1.29 is 13.6 Å². The lowest BCUT2D eigenvalue weighted by Gasteiger charge is -2.23. The molecular formula is C14H19F2N3O. The predicted molar refractivity (Wildman–Crippen MR) is 73.3 cm³/mol. The predicted octanol–water partition coefficient (Wildman–Crippen LogP) is 2.60. The Morgan fingerprint density at radius 1 is 1.35 bits per heavy atom. The van der Waals surface area contributed by atoms with Gasteiger partial charge in [-0.05, 0) is 30.9 Å². The van der Waals surface area contributed by atoms with Crippen LogP contribution in [0.15, 0.2) is 18.2 Å². The molecule has 110 valence electrons. The molecule has 6 heteroatoms. The standard InChI is InChI=1S/C14H19F2N3O/c15-10-5-6-12(11(16)7-10)18-14(20)19-13(8-17)9-3-1-2-4-9/h5-7,9,13H,1-4,8,17H2,(H2,18,19,20). The van der Waals surface area contributed by atoms with E-state index in [4.69, 9.17) is 5.73 Å². The van der Waals surface area contributed by atoms with E-state index in [1.807, 2.05) is 0 Å². The summed E-state index contributed by atoms with van der Waals surface area (Å²) in [5.74, 6) is -1.10. The molecule has 0 heterocycles. The third-order valence-corrected chi connectivity index (χ3v) is 3.72. The van der Waals surface area contributed by atoms with Gasteiger partial charge in [0, 0.05) is 18.7 Å². The van der Waals surface area contributed by atoms with Gasteiger partial charge in [-0.15, -0.1) is 0 Å². The molecule has 0 radical (unpaired) electrons. The van der Waals surface area contributed by atoms with Crippen molar-refractivity contribution in [3.8, 4) is 0 Å². The number of benzene rings is 1. The Morgan fingerprint density at radius 3 is 2.65 bits per heavy atom. The molecule has 20 heavy (non-hydrogen) atoms. The Hall–Kier alpha value is -1.69. The number of nitrogens with two attached hydrogens (primary N) is 1. The Bertz CT molecular complexity index is 475. The minimum atomic E-state index is -0.801. The van der Waals surface area contributed by atoms with E-state index in [2.05, 4.69) is 10.6 Å². The summed E-state index contributed by atoms with van der Waals surface area (Å²) in [4.78, 5) is 11.8. The van der Waals surface area contributed by atoms with E-state index in [-0.39, 0.29) is 11.7 Å². The van der Waals surface area contributed by atoms with Crippen LogP contribution in [0.25, 0.3) is 0 Å². The van der Waals surface area contributed by atoms with Crippen molar-refractivity contribution in [3.05, 3.63) is 29.8 Å². The molecule has 2 amide bonds. The molecule has 2 rings (SSSR count). The minimum absolute atomic E-state index is 0.0499. The molecule has 1 aliphatic carbocycles. The maximum absolute atomic E-state index is 13.4. The monoisotopic (exact) mass is 283 g/mol. The number of rotatable bonds is 4. The zero-order valence-electron chi connectivity index (χ0n) is 11.2. The molecule has 0 bridgehead atoms. The first-order valence-electron chi connectivity index (χ1n) is 6.83. The fraction of sp³-hybridized carbons (Fsp3) is 0.500. The highest BCUT2D eigenvalue weighted by Gasteiger charge is 2.25. The summed E-state index contributed by atoms with van der Waals surface area (Å²) in [6.07, 6.45) is 4.40. The number of hydrogen-bond acceptors (Lipinski definition) is 2. The van der Waals surface area contributed by atoms with E-state index in [1.54, 1.807) is 0 Å². The molecule has 0 aromatic heterocycles. The molecule has 0 spiro atoms. The van der Waals surface area contributed by atoms with E-state index in [1.165, 1.54) is 6.07 Å². The zero-order valence-corrected chi connectivity index (χ0v) is 11.2. The Labute approximate surface area is 116 Å².